The molecule has 0 saturated heterocycles. The van der Waals surface area contributed by atoms with Gasteiger partial charge in [0.05, 0.1) is 13.2 Å². The summed E-state index contributed by atoms with van der Waals surface area (Å²) in [4.78, 5) is 47.5. The topological polar surface area (TPSA) is 126 Å². The molecule has 1 rings (SSSR count). The van der Waals surface area contributed by atoms with Gasteiger partial charge in [-0.2, -0.15) is 0 Å². The van der Waals surface area contributed by atoms with E-state index in [1.165, 1.54) is 21.0 Å². The number of hydrogen-bond acceptors (Lipinski definition) is 9. The minimum Gasteiger partial charge on any atom is -0.497 e. The van der Waals surface area contributed by atoms with E-state index in [1.807, 2.05) is 0 Å². The van der Waals surface area contributed by atoms with Crippen LogP contribution in [0, 0.1) is 0 Å². The van der Waals surface area contributed by atoms with Crippen LogP contribution in [0.25, 0.3) is 0 Å². The third-order valence-electron chi connectivity index (χ3n) is 3.91. The van der Waals surface area contributed by atoms with Crippen molar-refractivity contribution in [2.24, 2.45) is 0 Å². The first kappa shape index (κ1) is 26.7. The van der Waals surface area contributed by atoms with Gasteiger partial charge in [0.25, 0.3) is 0 Å². The van der Waals surface area contributed by atoms with Crippen molar-refractivity contribution in [2.45, 2.75) is 65.4 Å². The number of esters is 3. The fraction of sp³-hybridized carbons (Fsp3) is 0.545. The molecule has 0 radical (unpaired) electrons. The zero-order valence-corrected chi connectivity index (χ0v) is 19.4. The second-order valence-corrected chi connectivity index (χ2v) is 7.92. The van der Waals surface area contributed by atoms with E-state index >= 15 is 0 Å². The van der Waals surface area contributed by atoms with Crippen LogP contribution in [0.1, 0.15) is 53.1 Å². The number of ether oxygens (including phenoxy) is 5. The van der Waals surface area contributed by atoms with Gasteiger partial charge in [-0.1, -0.05) is 12.1 Å². The zero-order chi connectivity index (χ0) is 24.5. The number of nitrogens with one attached hydrogen (secondary N) is 1. The SMILES string of the molecule is COc1ccc([C@@H](NC(=O)OC(C)(C)C)[C@H](OC(C)=O)[C@H](COC(C)=O)OC(C)=O)cc1. The van der Waals surface area contributed by atoms with Crippen molar-refractivity contribution >= 4 is 24.0 Å². The van der Waals surface area contributed by atoms with Crippen molar-refractivity contribution in [3.8, 4) is 5.75 Å². The van der Waals surface area contributed by atoms with Crippen LogP contribution in [-0.4, -0.2) is 55.5 Å². The smallest absolute Gasteiger partial charge is 0.408 e. The second-order valence-electron chi connectivity index (χ2n) is 7.92. The van der Waals surface area contributed by atoms with E-state index < -0.39 is 54.5 Å². The Bertz CT molecular complexity index is 799. The number of amides is 1. The highest BCUT2D eigenvalue weighted by atomic mass is 16.6. The largest absolute Gasteiger partial charge is 0.497 e. The first-order valence-corrected chi connectivity index (χ1v) is 9.93. The van der Waals surface area contributed by atoms with Crippen LogP contribution in [0.4, 0.5) is 4.79 Å². The lowest BCUT2D eigenvalue weighted by Gasteiger charge is -2.33. The van der Waals surface area contributed by atoms with E-state index in [0.29, 0.717) is 11.3 Å². The summed E-state index contributed by atoms with van der Waals surface area (Å²) in [5, 5.41) is 2.66. The summed E-state index contributed by atoms with van der Waals surface area (Å²) in [5.74, 6) is -1.44. The van der Waals surface area contributed by atoms with Gasteiger partial charge in [0.1, 0.15) is 18.0 Å². The molecule has 3 atom stereocenters. The van der Waals surface area contributed by atoms with Gasteiger partial charge in [-0.15, -0.1) is 0 Å². The first-order valence-electron chi connectivity index (χ1n) is 9.93. The zero-order valence-electron chi connectivity index (χ0n) is 19.4. The normalized spacial score (nSPS) is 13.7. The van der Waals surface area contributed by atoms with Crippen molar-refractivity contribution in [1.82, 2.24) is 5.32 Å². The van der Waals surface area contributed by atoms with E-state index in [9.17, 15) is 19.2 Å². The van der Waals surface area contributed by atoms with Crippen LogP contribution in [0.2, 0.25) is 0 Å². The summed E-state index contributed by atoms with van der Waals surface area (Å²) in [5.41, 5.74) is -0.290. The molecule has 0 bridgehead atoms. The van der Waals surface area contributed by atoms with Crippen molar-refractivity contribution in [3.05, 3.63) is 29.8 Å². The number of methoxy groups -OCH3 is 1. The Morgan fingerprint density at radius 2 is 1.47 bits per heavy atom. The Kier molecular flexibility index (Phi) is 9.96. The maximum Gasteiger partial charge on any atom is 0.408 e. The number of carbonyl (C=O) groups excluding carboxylic acids is 4. The highest BCUT2D eigenvalue weighted by Crippen LogP contribution is 2.27. The van der Waals surface area contributed by atoms with Gasteiger partial charge in [-0.25, -0.2) is 4.79 Å². The molecule has 1 aromatic rings. The molecule has 0 aliphatic carbocycles. The van der Waals surface area contributed by atoms with Crippen molar-refractivity contribution in [1.29, 1.82) is 0 Å². The average molecular weight is 453 g/mol. The molecule has 32 heavy (non-hydrogen) atoms. The predicted octanol–water partition coefficient (Wildman–Crippen LogP) is 2.69. The van der Waals surface area contributed by atoms with Crippen LogP contribution >= 0.6 is 0 Å². The molecule has 0 heterocycles. The molecule has 0 aromatic heterocycles. The molecule has 0 unspecified atom stereocenters. The van der Waals surface area contributed by atoms with Gasteiger partial charge in [0.15, 0.2) is 12.2 Å². The molecule has 178 valence electrons. The van der Waals surface area contributed by atoms with Gasteiger partial charge < -0.3 is 29.0 Å². The van der Waals surface area contributed by atoms with E-state index in [4.69, 9.17) is 23.7 Å². The standard InChI is InChI=1S/C22H31NO9/c1-13(24)29-12-18(30-14(2)25)20(31-15(3)26)19(23-21(27)32-22(4,5)6)16-8-10-17(28-7)11-9-16/h8-11,18-20H,12H2,1-7H3,(H,23,27)/t18-,19+,20+/m0/s1. The highest BCUT2D eigenvalue weighted by molar-refractivity contribution is 5.70. The number of benzene rings is 1. The lowest BCUT2D eigenvalue weighted by molar-refractivity contribution is -0.175. The average Bonchev–Trinajstić information content (AvgIpc) is 2.66. The van der Waals surface area contributed by atoms with E-state index in [2.05, 4.69) is 5.32 Å². The number of carbonyl (C=O) groups is 4. The molecule has 0 saturated carbocycles. The van der Waals surface area contributed by atoms with Crippen LogP contribution in [0.15, 0.2) is 24.3 Å². The number of hydrogen-bond donors (Lipinski definition) is 1. The third-order valence-corrected chi connectivity index (χ3v) is 3.91. The molecule has 1 amide bonds. The maximum absolute atomic E-state index is 12.6. The highest BCUT2D eigenvalue weighted by Gasteiger charge is 2.38. The molecule has 0 spiro atoms. The van der Waals surface area contributed by atoms with E-state index in [0.717, 1.165) is 6.92 Å². The minimum absolute atomic E-state index is 0.393. The quantitative estimate of drug-likeness (QED) is 0.443. The Hall–Kier alpha value is -3.30. The van der Waals surface area contributed by atoms with Crippen molar-refractivity contribution < 1.29 is 42.9 Å². The van der Waals surface area contributed by atoms with Crippen LogP contribution < -0.4 is 10.1 Å². The van der Waals surface area contributed by atoms with Gasteiger partial charge in [0.2, 0.25) is 0 Å². The Balaban J connectivity index is 3.44. The molecule has 0 aliphatic rings. The van der Waals surface area contributed by atoms with Crippen molar-refractivity contribution in [3.63, 3.8) is 0 Å². The second kappa shape index (κ2) is 11.9. The lowest BCUT2D eigenvalue weighted by Crippen LogP contribution is -2.49. The third kappa shape index (κ3) is 9.67. The first-order chi connectivity index (χ1) is 14.8. The monoisotopic (exact) mass is 453 g/mol. The van der Waals surface area contributed by atoms with Crippen LogP contribution in [-0.2, 0) is 33.3 Å². The summed E-state index contributed by atoms with van der Waals surface area (Å²) < 4.78 is 26.2. The van der Waals surface area contributed by atoms with Crippen LogP contribution in [0.5, 0.6) is 5.75 Å². The number of rotatable bonds is 9. The van der Waals surface area contributed by atoms with Gasteiger partial charge in [-0.3, -0.25) is 14.4 Å². The summed E-state index contributed by atoms with van der Waals surface area (Å²) in [6.45, 7) is 8.21. The van der Waals surface area contributed by atoms with Gasteiger partial charge >= 0.3 is 24.0 Å². The van der Waals surface area contributed by atoms with Crippen molar-refractivity contribution in [2.75, 3.05) is 13.7 Å². The van der Waals surface area contributed by atoms with Crippen LogP contribution in [0.3, 0.4) is 0 Å². The molecule has 0 fully saturated rings. The summed E-state index contributed by atoms with van der Waals surface area (Å²) in [7, 11) is 1.50. The molecule has 0 aliphatic heterocycles. The summed E-state index contributed by atoms with van der Waals surface area (Å²) in [6.07, 6.45) is -3.23. The maximum atomic E-state index is 12.6. The molecular formula is C22H31NO9. The summed E-state index contributed by atoms with van der Waals surface area (Å²) >= 11 is 0. The fourth-order valence-electron chi connectivity index (χ4n) is 2.76. The predicted molar refractivity (Wildman–Crippen MR) is 113 cm³/mol. The Morgan fingerprint density at radius 1 is 0.906 bits per heavy atom. The summed E-state index contributed by atoms with van der Waals surface area (Å²) in [6, 6.07) is 5.58. The molecular weight excluding hydrogens is 422 g/mol. The van der Waals surface area contributed by atoms with E-state index in [-0.39, 0.29) is 0 Å². The minimum atomic E-state index is -1.24. The van der Waals surface area contributed by atoms with Gasteiger partial charge in [-0.05, 0) is 38.5 Å². The molecule has 10 nitrogen and oxygen atoms in total. The van der Waals surface area contributed by atoms with Gasteiger partial charge in [0, 0.05) is 20.8 Å². The molecule has 1 aromatic carbocycles. The Morgan fingerprint density at radius 3 is 1.91 bits per heavy atom. The Labute approximate surface area is 187 Å². The molecule has 10 heteroatoms. The fourth-order valence-corrected chi connectivity index (χ4v) is 2.76. The lowest BCUT2D eigenvalue weighted by atomic mass is 9.97. The molecule has 1 N–H and O–H groups in total. The number of alkyl carbamates (subject to hydrolysis) is 1. The van der Waals surface area contributed by atoms with E-state index in [1.54, 1.807) is 45.0 Å².